The zero-order chi connectivity index (χ0) is 25.6. The monoisotopic (exact) mass is 496 g/mol. The molecular formula is C26H28N2O6S. The first-order chi connectivity index (χ1) is 16.6. The number of amides is 1. The third-order valence-electron chi connectivity index (χ3n) is 5.17. The van der Waals surface area contributed by atoms with Gasteiger partial charge in [-0.25, -0.2) is 13.2 Å². The fourth-order valence-electron chi connectivity index (χ4n) is 3.43. The quantitative estimate of drug-likeness (QED) is 0.429. The van der Waals surface area contributed by atoms with Gasteiger partial charge in [0.25, 0.3) is 0 Å². The Balaban J connectivity index is 1.82. The summed E-state index contributed by atoms with van der Waals surface area (Å²) in [7, 11) is -3.81. The molecule has 3 aromatic carbocycles. The van der Waals surface area contributed by atoms with Gasteiger partial charge in [0.1, 0.15) is 17.5 Å². The average Bonchev–Trinajstić information content (AvgIpc) is 2.81. The summed E-state index contributed by atoms with van der Waals surface area (Å²) in [6, 6.07) is 19.3. The lowest BCUT2D eigenvalue weighted by Gasteiger charge is -2.28. The number of ether oxygens (including phenoxy) is 2. The molecule has 0 radical (unpaired) electrons. The van der Waals surface area contributed by atoms with E-state index in [-0.39, 0.29) is 12.2 Å². The van der Waals surface area contributed by atoms with Crippen LogP contribution in [-0.4, -0.2) is 39.2 Å². The van der Waals surface area contributed by atoms with Crippen molar-refractivity contribution in [3.63, 3.8) is 0 Å². The number of nitrogens with zero attached hydrogens (tertiary/aromatic N) is 1. The molecule has 184 valence electrons. The Bertz CT molecular complexity index is 1290. The van der Waals surface area contributed by atoms with E-state index in [0.717, 1.165) is 10.6 Å². The summed E-state index contributed by atoms with van der Waals surface area (Å²) >= 11 is 0. The molecule has 3 aromatic rings. The molecule has 0 saturated heterocycles. The topological polar surface area (TPSA) is 102 Å². The third-order valence-corrected chi connectivity index (χ3v) is 6.41. The number of para-hydroxylation sites is 1. The minimum atomic E-state index is -3.81. The van der Waals surface area contributed by atoms with Gasteiger partial charge in [0.15, 0.2) is 0 Å². The molecule has 1 amide bonds. The maximum Gasteiger partial charge on any atom is 0.338 e. The lowest BCUT2D eigenvalue weighted by molar-refractivity contribution is -0.116. The molecule has 0 aliphatic rings. The van der Waals surface area contributed by atoms with Crippen molar-refractivity contribution in [3.05, 3.63) is 83.9 Å². The minimum absolute atomic E-state index is 0.226. The predicted molar refractivity (Wildman–Crippen MR) is 136 cm³/mol. The highest BCUT2D eigenvalue weighted by atomic mass is 32.2. The zero-order valence-electron chi connectivity index (χ0n) is 20.0. The van der Waals surface area contributed by atoms with Gasteiger partial charge in [-0.1, -0.05) is 24.3 Å². The molecule has 0 unspecified atom stereocenters. The second-order valence-electron chi connectivity index (χ2n) is 7.88. The number of benzene rings is 3. The minimum Gasteiger partial charge on any atom is -0.462 e. The fraction of sp³-hybridized carbons (Fsp3) is 0.231. The molecule has 0 bridgehead atoms. The lowest BCUT2D eigenvalue weighted by atomic mass is 10.1. The van der Waals surface area contributed by atoms with Gasteiger partial charge < -0.3 is 14.8 Å². The van der Waals surface area contributed by atoms with Gasteiger partial charge in [0, 0.05) is 5.69 Å². The number of carbonyl (C=O) groups excluding carboxylic acids is 2. The number of hydrogen-bond donors (Lipinski definition) is 1. The number of nitrogens with one attached hydrogen (secondary N) is 1. The summed E-state index contributed by atoms with van der Waals surface area (Å²) in [6.07, 6.45) is 1.04. The number of aryl methyl sites for hydroxylation is 1. The molecule has 1 N–H and O–H groups in total. The Morgan fingerprint density at radius 3 is 2.20 bits per heavy atom. The van der Waals surface area contributed by atoms with Crippen LogP contribution in [-0.2, 0) is 19.6 Å². The molecule has 35 heavy (non-hydrogen) atoms. The molecular weight excluding hydrogens is 468 g/mol. The van der Waals surface area contributed by atoms with E-state index in [1.807, 2.05) is 30.3 Å². The van der Waals surface area contributed by atoms with Gasteiger partial charge in [0.2, 0.25) is 15.9 Å². The number of rotatable bonds is 9. The van der Waals surface area contributed by atoms with Crippen LogP contribution < -0.4 is 14.4 Å². The summed E-state index contributed by atoms with van der Waals surface area (Å²) in [5.41, 5.74) is 1.71. The van der Waals surface area contributed by atoms with E-state index in [0.29, 0.717) is 28.4 Å². The van der Waals surface area contributed by atoms with E-state index in [4.69, 9.17) is 9.47 Å². The normalized spacial score (nSPS) is 11.9. The van der Waals surface area contributed by atoms with Crippen LogP contribution in [0.5, 0.6) is 11.5 Å². The van der Waals surface area contributed by atoms with Crippen LogP contribution in [0.2, 0.25) is 0 Å². The molecule has 0 saturated carbocycles. The highest BCUT2D eigenvalue weighted by Gasteiger charge is 2.29. The highest BCUT2D eigenvalue weighted by molar-refractivity contribution is 7.92. The zero-order valence-corrected chi connectivity index (χ0v) is 20.8. The van der Waals surface area contributed by atoms with E-state index in [9.17, 15) is 18.0 Å². The fourth-order valence-corrected chi connectivity index (χ4v) is 4.60. The molecule has 1 atom stereocenters. The van der Waals surface area contributed by atoms with Crippen molar-refractivity contribution in [2.75, 3.05) is 22.5 Å². The molecule has 0 aliphatic heterocycles. The Morgan fingerprint density at radius 1 is 0.971 bits per heavy atom. The summed E-state index contributed by atoms with van der Waals surface area (Å²) in [5, 5.41) is 2.74. The van der Waals surface area contributed by atoms with Crippen molar-refractivity contribution in [2.24, 2.45) is 0 Å². The predicted octanol–water partition coefficient (Wildman–Crippen LogP) is 4.76. The standard InChI is InChI=1S/C26H28N2O6S/c1-5-33-26(30)20-12-11-18(2)24(17-20)27-25(29)19(3)28(35(4,31)32)21-13-15-23(16-14-21)34-22-9-7-6-8-10-22/h6-17,19H,5H2,1-4H3,(H,27,29)/t19-/m1/s1. The molecule has 8 nitrogen and oxygen atoms in total. The number of anilines is 2. The van der Waals surface area contributed by atoms with E-state index in [2.05, 4.69) is 5.32 Å². The van der Waals surface area contributed by atoms with Gasteiger partial charge in [-0.3, -0.25) is 9.10 Å². The van der Waals surface area contributed by atoms with Crippen LogP contribution in [0.15, 0.2) is 72.8 Å². The van der Waals surface area contributed by atoms with E-state index in [1.54, 1.807) is 50.2 Å². The van der Waals surface area contributed by atoms with Crippen LogP contribution in [0.1, 0.15) is 29.8 Å². The molecule has 0 fully saturated rings. The Kier molecular flexibility index (Phi) is 8.14. The third kappa shape index (κ3) is 6.60. The summed E-state index contributed by atoms with van der Waals surface area (Å²) in [5.74, 6) is 0.112. The number of esters is 1. The smallest absolute Gasteiger partial charge is 0.338 e. The van der Waals surface area contributed by atoms with E-state index >= 15 is 0 Å². The van der Waals surface area contributed by atoms with Crippen LogP contribution in [0, 0.1) is 6.92 Å². The van der Waals surface area contributed by atoms with Crippen LogP contribution in [0.4, 0.5) is 11.4 Å². The van der Waals surface area contributed by atoms with Crippen LogP contribution in [0.25, 0.3) is 0 Å². The summed E-state index contributed by atoms with van der Waals surface area (Å²) < 4.78 is 37.1. The van der Waals surface area contributed by atoms with Gasteiger partial charge in [-0.05, 0) is 74.9 Å². The van der Waals surface area contributed by atoms with Crippen LogP contribution in [0.3, 0.4) is 0 Å². The Morgan fingerprint density at radius 2 is 1.60 bits per heavy atom. The molecule has 3 rings (SSSR count). The second kappa shape index (κ2) is 11.1. The number of carbonyl (C=O) groups is 2. The van der Waals surface area contributed by atoms with E-state index < -0.39 is 27.9 Å². The first-order valence-corrected chi connectivity index (χ1v) is 12.9. The molecule has 9 heteroatoms. The van der Waals surface area contributed by atoms with Crippen molar-refractivity contribution in [1.29, 1.82) is 0 Å². The SMILES string of the molecule is CCOC(=O)c1ccc(C)c(NC(=O)[C@@H](C)N(c2ccc(Oc3ccccc3)cc2)S(C)(=O)=O)c1. The second-order valence-corrected chi connectivity index (χ2v) is 9.74. The molecule has 0 spiro atoms. The average molecular weight is 497 g/mol. The van der Waals surface area contributed by atoms with Gasteiger partial charge in [-0.2, -0.15) is 0 Å². The van der Waals surface area contributed by atoms with Crippen molar-refractivity contribution >= 4 is 33.3 Å². The summed E-state index contributed by atoms with van der Waals surface area (Å²) in [6.45, 7) is 5.20. The van der Waals surface area contributed by atoms with Gasteiger partial charge in [0.05, 0.1) is 24.1 Å². The van der Waals surface area contributed by atoms with Crippen molar-refractivity contribution in [1.82, 2.24) is 0 Å². The van der Waals surface area contributed by atoms with Gasteiger partial charge in [-0.15, -0.1) is 0 Å². The Labute approximate surface area is 205 Å². The lowest BCUT2D eigenvalue weighted by Crippen LogP contribution is -2.45. The first-order valence-electron chi connectivity index (χ1n) is 11.0. The Hall–Kier alpha value is -3.85. The maximum absolute atomic E-state index is 13.1. The van der Waals surface area contributed by atoms with Crippen molar-refractivity contribution in [3.8, 4) is 11.5 Å². The highest BCUT2D eigenvalue weighted by Crippen LogP contribution is 2.27. The number of sulfonamides is 1. The first kappa shape index (κ1) is 25.8. The summed E-state index contributed by atoms with van der Waals surface area (Å²) in [4.78, 5) is 25.1. The molecule has 0 aliphatic carbocycles. The van der Waals surface area contributed by atoms with Crippen molar-refractivity contribution in [2.45, 2.75) is 26.8 Å². The molecule has 0 heterocycles. The van der Waals surface area contributed by atoms with Crippen LogP contribution >= 0.6 is 0 Å². The number of hydrogen-bond acceptors (Lipinski definition) is 6. The maximum atomic E-state index is 13.1. The van der Waals surface area contributed by atoms with Crippen molar-refractivity contribution < 1.29 is 27.5 Å². The van der Waals surface area contributed by atoms with Gasteiger partial charge >= 0.3 is 5.97 Å². The molecule has 0 aromatic heterocycles. The van der Waals surface area contributed by atoms with E-state index in [1.165, 1.54) is 13.0 Å². The largest absolute Gasteiger partial charge is 0.462 e.